The maximum Gasteiger partial charge on any atom is 0.279 e. The number of carbonyl (C=O) groups is 1. The molecule has 0 aliphatic heterocycles. The SMILES string of the molecule is C[NH+](CC(=O)Nc1ccc(I)cc1)Cc1ccco1. The number of halogens is 1. The Balaban J connectivity index is 1.82. The van der Waals surface area contributed by atoms with Crippen LogP contribution in [0.5, 0.6) is 0 Å². The summed E-state index contributed by atoms with van der Waals surface area (Å²) in [6, 6.07) is 11.5. The van der Waals surface area contributed by atoms with Crippen molar-refractivity contribution in [2.24, 2.45) is 0 Å². The largest absolute Gasteiger partial charge is 0.463 e. The van der Waals surface area contributed by atoms with Gasteiger partial charge in [0.05, 0.1) is 13.3 Å². The van der Waals surface area contributed by atoms with Crippen molar-refractivity contribution in [3.8, 4) is 0 Å². The molecule has 1 atom stereocenters. The van der Waals surface area contributed by atoms with Gasteiger partial charge in [0.1, 0.15) is 6.54 Å². The molecule has 0 aliphatic rings. The van der Waals surface area contributed by atoms with E-state index in [1.807, 2.05) is 43.4 Å². The summed E-state index contributed by atoms with van der Waals surface area (Å²) in [5, 5.41) is 2.89. The van der Waals surface area contributed by atoms with E-state index in [1.54, 1.807) is 6.26 Å². The molecule has 1 amide bonds. The third-order valence-corrected chi connectivity index (χ3v) is 3.37. The van der Waals surface area contributed by atoms with Gasteiger partial charge in [-0.15, -0.1) is 0 Å². The standard InChI is InChI=1S/C14H15IN2O2/c1-17(9-13-3-2-8-19-13)10-14(18)16-12-6-4-11(15)5-7-12/h2-8H,9-10H2,1H3,(H,16,18)/p+1. The van der Waals surface area contributed by atoms with Gasteiger partial charge in [-0.3, -0.25) is 4.79 Å². The third-order valence-electron chi connectivity index (χ3n) is 2.65. The molecule has 19 heavy (non-hydrogen) atoms. The summed E-state index contributed by atoms with van der Waals surface area (Å²) in [5.74, 6) is 0.893. The van der Waals surface area contributed by atoms with E-state index >= 15 is 0 Å². The van der Waals surface area contributed by atoms with Crippen LogP contribution in [0.4, 0.5) is 5.69 Å². The van der Waals surface area contributed by atoms with Crippen LogP contribution in [0.2, 0.25) is 0 Å². The molecule has 1 heterocycles. The Bertz CT molecular complexity index is 523. The van der Waals surface area contributed by atoms with Crippen molar-refractivity contribution < 1.29 is 14.1 Å². The first-order valence-electron chi connectivity index (χ1n) is 6.02. The van der Waals surface area contributed by atoms with Crippen molar-refractivity contribution in [1.82, 2.24) is 0 Å². The second kappa shape index (κ2) is 6.72. The highest BCUT2D eigenvalue weighted by atomic mass is 127. The second-order valence-corrected chi connectivity index (χ2v) is 5.69. The summed E-state index contributed by atoms with van der Waals surface area (Å²) in [6.45, 7) is 1.11. The monoisotopic (exact) mass is 371 g/mol. The maximum atomic E-state index is 11.9. The quantitative estimate of drug-likeness (QED) is 0.784. The van der Waals surface area contributed by atoms with Crippen LogP contribution in [-0.2, 0) is 11.3 Å². The summed E-state index contributed by atoms with van der Waals surface area (Å²) < 4.78 is 6.41. The molecular weight excluding hydrogens is 355 g/mol. The zero-order chi connectivity index (χ0) is 13.7. The number of furan rings is 1. The van der Waals surface area contributed by atoms with Crippen LogP contribution in [0.1, 0.15) is 5.76 Å². The average molecular weight is 371 g/mol. The predicted octanol–water partition coefficient (Wildman–Crippen LogP) is 1.54. The molecule has 0 saturated heterocycles. The van der Waals surface area contributed by atoms with Crippen LogP contribution in [0.15, 0.2) is 47.1 Å². The van der Waals surface area contributed by atoms with Gasteiger partial charge in [-0.05, 0) is 59.0 Å². The van der Waals surface area contributed by atoms with E-state index in [2.05, 4.69) is 27.9 Å². The zero-order valence-corrected chi connectivity index (χ0v) is 12.8. The summed E-state index contributed by atoms with van der Waals surface area (Å²) in [7, 11) is 1.97. The molecule has 5 heteroatoms. The maximum absolute atomic E-state index is 11.9. The van der Waals surface area contributed by atoms with Crippen LogP contribution in [0.25, 0.3) is 0 Å². The van der Waals surface area contributed by atoms with Crippen molar-refractivity contribution in [3.05, 3.63) is 52.0 Å². The van der Waals surface area contributed by atoms with Crippen LogP contribution >= 0.6 is 22.6 Å². The van der Waals surface area contributed by atoms with E-state index in [0.29, 0.717) is 13.1 Å². The highest BCUT2D eigenvalue weighted by Gasteiger charge is 2.11. The third kappa shape index (κ3) is 4.68. The number of rotatable bonds is 5. The summed E-state index contributed by atoms with van der Waals surface area (Å²) in [5.41, 5.74) is 0.830. The fraction of sp³-hybridized carbons (Fsp3) is 0.214. The van der Waals surface area contributed by atoms with Gasteiger partial charge in [-0.25, -0.2) is 0 Å². The number of anilines is 1. The molecule has 4 nitrogen and oxygen atoms in total. The number of nitrogens with one attached hydrogen (secondary N) is 2. The van der Waals surface area contributed by atoms with Crippen molar-refractivity contribution in [2.45, 2.75) is 6.54 Å². The molecule has 0 saturated carbocycles. The van der Waals surface area contributed by atoms with Crippen LogP contribution in [0, 0.1) is 3.57 Å². The van der Waals surface area contributed by atoms with Crippen molar-refractivity contribution >= 4 is 34.2 Å². The van der Waals surface area contributed by atoms with Crippen molar-refractivity contribution in [2.75, 3.05) is 18.9 Å². The lowest BCUT2D eigenvalue weighted by Crippen LogP contribution is -3.08. The molecule has 0 aliphatic carbocycles. The first kappa shape index (κ1) is 14.1. The van der Waals surface area contributed by atoms with Crippen molar-refractivity contribution in [1.29, 1.82) is 0 Å². The van der Waals surface area contributed by atoms with Gasteiger partial charge in [0.25, 0.3) is 5.91 Å². The van der Waals surface area contributed by atoms with E-state index in [-0.39, 0.29) is 5.91 Å². The Hall–Kier alpha value is -1.34. The molecule has 0 fully saturated rings. The topological polar surface area (TPSA) is 46.7 Å². The number of hydrogen-bond acceptors (Lipinski definition) is 2. The number of likely N-dealkylation sites (N-methyl/N-ethyl adjacent to an activating group) is 1. The lowest BCUT2D eigenvalue weighted by Gasteiger charge is -2.12. The highest BCUT2D eigenvalue weighted by Crippen LogP contribution is 2.10. The Labute approximate surface area is 125 Å². The summed E-state index contributed by atoms with van der Waals surface area (Å²) in [6.07, 6.45) is 1.65. The molecule has 0 bridgehead atoms. The molecule has 2 aromatic rings. The lowest BCUT2D eigenvalue weighted by atomic mass is 10.3. The number of hydrogen-bond donors (Lipinski definition) is 2. The fourth-order valence-electron chi connectivity index (χ4n) is 1.79. The smallest absolute Gasteiger partial charge is 0.279 e. The fourth-order valence-corrected chi connectivity index (χ4v) is 2.15. The molecular formula is C14H16IN2O2+. The van der Waals surface area contributed by atoms with E-state index in [0.717, 1.165) is 19.9 Å². The molecule has 0 radical (unpaired) electrons. The lowest BCUT2D eigenvalue weighted by molar-refractivity contribution is -0.886. The predicted molar refractivity (Wildman–Crippen MR) is 82.0 cm³/mol. The van der Waals surface area contributed by atoms with Gasteiger partial charge in [0.2, 0.25) is 0 Å². The van der Waals surface area contributed by atoms with E-state index in [4.69, 9.17) is 4.42 Å². The van der Waals surface area contributed by atoms with Gasteiger partial charge in [0, 0.05) is 9.26 Å². The van der Waals surface area contributed by atoms with Crippen molar-refractivity contribution in [3.63, 3.8) is 0 Å². The Kier molecular flexibility index (Phi) is 4.98. The summed E-state index contributed by atoms with van der Waals surface area (Å²) in [4.78, 5) is 13.0. The normalized spacial score (nSPS) is 12.1. The van der Waals surface area contributed by atoms with Crippen LogP contribution in [-0.4, -0.2) is 19.5 Å². The van der Waals surface area contributed by atoms with E-state index in [1.165, 1.54) is 0 Å². The minimum atomic E-state index is 0.00487. The number of quaternary nitrogens is 1. The summed E-state index contributed by atoms with van der Waals surface area (Å²) >= 11 is 2.23. The van der Waals surface area contributed by atoms with Gasteiger partial charge in [-0.2, -0.15) is 0 Å². The second-order valence-electron chi connectivity index (χ2n) is 4.45. The Morgan fingerprint density at radius 1 is 1.32 bits per heavy atom. The molecule has 0 spiro atoms. The zero-order valence-electron chi connectivity index (χ0n) is 10.7. The van der Waals surface area contributed by atoms with Gasteiger partial charge < -0.3 is 14.6 Å². The number of benzene rings is 1. The molecule has 1 aromatic carbocycles. The minimum absolute atomic E-state index is 0.00487. The number of carbonyl (C=O) groups excluding carboxylic acids is 1. The number of amides is 1. The molecule has 1 unspecified atom stereocenters. The first-order chi connectivity index (χ1) is 9.13. The van der Waals surface area contributed by atoms with Gasteiger partial charge in [0.15, 0.2) is 12.3 Å². The van der Waals surface area contributed by atoms with Gasteiger partial charge in [-0.1, -0.05) is 0 Å². The Morgan fingerprint density at radius 3 is 2.68 bits per heavy atom. The molecule has 2 rings (SSSR count). The van der Waals surface area contributed by atoms with Crippen LogP contribution < -0.4 is 10.2 Å². The minimum Gasteiger partial charge on any atom is -0.463 e. The Morgan fingerprint density at radius 2 is 2.05 bits per heavy atom. The first-order valence-corrected chi connectivity index (χ1v) is 7.10. The molecule has 2 N–H and O–H groups in total. The van der Waals surface area contributed by atoms with E-state index < -0.39 is 0 Å². The highest BCUT2D eigenvalue weighted by molar-refractivity contribution is 14.1. The molecule has 100 valence electrons. The molecule has 1 aromatic heterocycles. The van der Waals surface area contributed by atoms with Gasteiger partial charge >= 0.3 is 0 Å². The average Bonchev–Trinajstić information content (AvgIpc) is 2.84. The van der Waals surface area contributed by atoms with E-state index in [9.17, 15) is 4.79 Å². The van der Waals surface area contributed by atoms with Crippen LogP contribution in [0.3, 0.4) is 0 Å².